The van der Waals surface area contributed by atoms with Crippen LogP contribution < -0.4 is 10.6 Å². The third kappa shape index (κ3) is 4.18. The maximum absolute atomic E-state index is 13.1. The van der Waals surface area contributed by atoms with Gasteiger partial charge in [-0.05, 0) is 48.9 Å². The van der Waals surface area contributed by atoms with Crippen LogP contribution in [0.2, 0.25) is 0 Å². The van der Waals surface area contributed by atoms with Gasteiger partial charge in [-0.3, -0.25) is 14.5 Å². The highest BCUT2D eigenvalue weighted by atomic mass is 16.5. The second-order valence-electron chi connectivity index (χ2n) is 8.34. The Morgan fingerprint density at radius 1 is 1.13 bits per heavy atom. The van der Waals surface area contributed by atoms with Crippen molar-refractivity contribution < 1.29 is 19.1 Å². The van der Waals surface area contributed by atoms with Crippen molar-refractivity contribution in [1.82, 2.24) is 15.5 Å². The van der Waals surface area contributed by atoms with E-state index in [9.17, 15) is 14.4 Å². The van der Waals surface area contributed by atoms with E-state index in [4.69, 9.17) is 4.74 Å². The number of rotatable bonds is 7. The van der Waals surface area contributed by atoms with Gasteiger partial charge in [-0.15, -0.1) is 0 Å². The minimum absolute atomic E-state index is 0.168. The molecule has 1 aliphatic carbocycles. The Balaban J connectivity index is 1.34. The fourth-order valence-electron chi connectivity index (χ4n) is 4.15. The van der Waals surface area contributed by atoms with E-state index in [0.717, 1.165) is 33.6 Å². The first-order chi connectivity index (χ1) is 14.9. The highest BCUT2D eigenvalue weighted by molar-refractivity contribution is 6.09. The molecule has 2 aromatic rings. The molecule has 1 aliphatic heterocycles. The van der Waals surface area contributed by atoms with Crippen molar-refractivity contribution in [2.24, 2.45) is 0 Å². The molecule has 0 aromatic heterocycles. The molecule has 1 atom stereocenters. The maximum Gasteiger partial charge on any atom is 0.325 e. The first-order valence-electron chi connectivity index (χ1n) is 10.6. The number of hydrogen-bond donors (Lipinski definition) is 2. The first-order valence-corrected chi connectivity index (χ1v) is 10.6. The van der Waals surface area contributed by atoms with Gasteiger partial charge in [-0.25, -0.2) is 4.79 Å². The molecule has 2 N–H and O–H groups in total. The van der Waals surface area contributed by atoms with Crippen molar-refractivity contribution in [3.63, 3.8) is 0 Å². The molecular weight excluding hydrogens is 394 g/mol. The van der Waals surface area contributed by atoms with Crippen LogP contribution in [-0.2, 0) is 39.4 Å². The lowest BCUT2D eigenvalue weighted by Gasteiger charge is -2.22. The minimum atomic E-state index is -1.04. The van der Waals surface area contributed by atoms with Crippen LogP contribution in [0.3, 0.4) is 0 Å². The van der Waals surface area contributed by atoms with E-state index >= 15 is 0 Å². The summed E-state index contributed by atoms with van der Waals surface area (Å²) in [6, 6.07) is 14.9. The van der Waals surface area contributed by atoms with Crippen LogP contribution in [0.25, 0.3) is 0 Å². The van der Waals surface area contributed by atoms with Crippen LogP contribution in [0.15, 0.2) is 48.5 Å². The molecule has 1 spiro atoms. The number of nitrogens with zero attached hydrogens (tertiary/aromatic N) is 1. The summed E-state index contributed by atoms with van der Waals surface area (Å²) in [4.78, 5) is 39.1. The van der Waals surface area contributed by atoms with Crippen LogP contribution in [0, 0.1) is 0 Å². The van der Waals surface area contributed by atoms with E-state index in [1.165, 1.54) is 0 Å². The van der Waals surface area contributed by atoms with Gasteiger partial charge in [0.1, 0.15) is 12.1 Å². The van der Waals surface area contributed by atoms with Crippen molar-refractivity contribution in [2.45, 2.75) is 51.5 Å². The number of ether oxygens (including phenoxy) is 1. The molecule has 2 aliphatic rings. The summed E-state index contributed by atoms with van der Waals surface area (Å²) < 4.78 is 5.58. The summed E-state index contributed by atoms with van der Waals surface area (Å²) in [7, 11) is 0. The smallest absolute Gasteiger partial charge is 0.325 e. The summed E-state index contributed by atoms with van der Waals surface area (Å²) >= 11 is 0. The fraction of sp³-hybridized carbons (Fsp3) is 0.375. The molecule has 31 heavy (non-hydrogen) atoms. The van der Waals surface area contributed by atoms with Gasteiger partial charge in [0, 0.05) is 6.54 Å². The van der Waals surface area contributed by atoms with E-state index in [-0.39, 0.29) is 24.5 Å². The molecule has 4 rings (SSSR count). The molecule has 1 heterocycles. The molecule has 1 fully saturated rings. The Kier molecular flexibility index (Phi) is 5.78. The zero-order valence-corrected chi connectivity index (χ0v) is 17.8. The van der Waals surface area contributed by atoms with E-state index in [1.807, 2.05) is 62.4 Å². The lowest BCUT2D eigenvalue weighted by molar-refractivity contribution is -0.135. The molecule has 7 nitrogen and oxygen atoms in total. The van der Waals surface area contributed by atoms with Crippen LogP contribution >= 0.6 is 0 Å². The van der Waals surface area contributed by atoms with Gasteiger partial charge in [0.25, 0.3) is 5.91 Å². The number of imide groups is 1. The second-order valence-corrected chi connectivity index (χ2v) is 8.34. The average Bonchev–Trinajstić information content (AvgIpc) is 3.25. The highest BCUT2D eigenvalue weighted by Crippen LogP contribution is 2.41. The predicted molar refractivity (Wildman–Crippen MR) is 115 cm³/mol. The van der Waals surface area contributed by atoms with E-state index in [1.54, 1.807) is 0 Å². The number of urea groups is 1. The van der Waals surface area contributed by atoms with Crippen molar-refractivity contribution in [1.29, 1.82) is 0 Å². The third-order valence-corrected chi connectivity index (χ3v) is 5.82. The summed E-state index contributed by atoms with van der Waals surface area (Å²) in [5.41, 5.74) is 2.84. The molecule has 0 bridgehead atoms. The second kappa shape index (κ2) is 8.51. The molecular formula is C24H27N3O4. The molecule has 0 saturated carbocycles. The van der Waals surface area contributed by atoms with Crippen molar-refractivity contribution in [2.75, 3.05) is 6.54 Å². The van der Waals surface area contributed by atoms with Gasteiger partial charge >= 0.3 is 6.03 Å². The SMILES string of the molecule is CC(C)OCc1ccc(CNC(=O)CN2C(=O)NC3(CCc4ccccc43)C2=O)cc1. The Labute approximate surface area is 181 Å². The number of carbonyl (C=O) groups is 3. The van der Waals surface area contributed by atoms with Crippen LogP contribution in [-0.4, -0.2) is 35.4 Å². The Morgan fingerprint density at radius 3 is 2.58 bits per heavy atom. The zero-order chi connectivity index (χ0) is 22.0. The number of hydrogen-bond acceptors (Lipinski definition) is 4. The topological polar surface area (TPSA) is 87.7 Å². The van der Waals surface area contributed by atoms with Crippen LogP contribution in [0.4, 0.5) is 4.79 Å². The van der Waals surface area contributed by atoms with Gasteiger partial charge in [0.2, 0.25) is 5.91 Å². The third-order valence-electron chi connectivity index (χ3n) is 5.82. The molecule has 1 unspecified atom stereocenters. The molecule has 162 valence electrons. The predicted octanol–water partition coefficient (Wildman–Crippen LogP) is 2.62. The molecule has 2 aromatic carbocycles. The Hall–Kier alpha value is -3.19. The number of aryl methyl sites for hydroxylation is 1. The minimum Gasteiger partial charge on any atom is -0.374 e. The summed E-state index contributed by atoms with van der Waals surface area (Å²) in [6.45, 7) is 4.54. The fourth-order valence-corrected chi connectivity index (χ4v) is 4.15. The molecule has 7 heteroatoms. The van der Waals surface area contributed by atoms with Gasteiger partial charge < -0.3 is 15.4 Å². The molecule has 1 saturated heterocycles. The number of amides is 4. The number of fused-ring (bicyclic) bond motifs is 2. The largest absolute Gasteiger partial charge is 0.374 e. The van der Waals surface area contributed by atoms with Gasteiger partial charge in [-0.2, -0.15) is 0 Å². The van der Waals surface area contributed by atoms with E-state index < -0.39 is 11.6 Å². The van der Waals surface area contributed by atoms with Crippen molar-refractivity contribution in [3.8, 4) is 0 Å². The number of carbonyl (C=O) groups excluding carboxylic acids is 3. The zero-order valence-electron chi connectivity index (χ0n) is 17.8. The standard InChI is InChI=1S/C24H27N3O4/c1-16(2)31-15-18-9-7-17(8-10-18)13-25-21(28)14-27-22(29)24(26-23(27)30)12-11-19-5-3-4-6-20(19)24/h3-10,16H,11-15H2,1-2H3,(H,25,28)(H,26,30). The first kappa shape index (κ1) is 21.1. The van der Waals surface area contributed by atoms with Crippen LogP contribution in [0.5, 0.6) is 0 Å². The Morgan fingerprint density at radius 2 is 1.84 bits per heavy atom. The van der Waals surface area contributed by atoms with Gasteiger partial charge in [0.15, 0.2) is 0 Å². The van der Waals surface area contributed by atoms with E-state index in [2.05, 4.69) is 10.6 Å². The lowest BCUT2D eigenvalue weighted by atomic mass is 9.92. The summed E-state index contributed by atoms with van der Waals surface area (Å²) in [5.74, 6) is -0.730. The summed E-state index contributed by atoms with van der Waals surface area (Å²) in [6.07, 6.45) is 1.41. The van der Waals surface area contributed by atoms with Gasteiger partial charge in [0.05, 0.1) is 12.7 Å². The number of benzene rings is 2. The summed E-state index contributed by atoms with van der Waals surface area (Å²) in [5, 5.41) is 5.63. The molecule has 0 radical (unpaired) electrons. The maximum atomic E-state index is 13.1. The monoisotopic (exact) mass is 421 g/mol. The molecule has 4 amide bonds. The highest BCUT2D eigenvalue weighted by Gasteiger charge is 2.55. The average molecular weight is 421 g/mol. The quantitative estimate of drug-likeness (QED) is 0.673. The lowest BCUT2D eigenvalue weighted by Crippen LogP contribution is -2.43. The van der Waals surface area contributed by atoms with Gasteiger partial charge in [-0.1, -0.05) is 48.5 Å². The Bertz CT molecular complexity index is 1000. The van der Waals surface area contributed by atoms with Crippen LogP contribution in [0.1, 0.15) is 42.5 Å². The van der Waals surface area contributed by atoms with Crippen molar-refractivity contribution >= 4 is 17.8 Å². The van der Waals surface area contributed by atoms with Crippen molar-refractivity contribution in [3.05, 3.63) is 70.8 Å². The normalized spacial score (nSPS) is 19.8. The van der Waals surface area contributed by atoms with E-state index in [0.29, 0.717) is 19.6 Å². The number of nitrogens with one attached hydrogen (secondary N) is 2.